The quantitative estimate of drug-likeness (QED) is 0.143. The Labute approximate surface area is 236 Å². The number of nitro groups is 1. The smallest absolute Gasteiger partial charge is 0.412 e. The van der Waals surface area contributed by atoms with Crippen LogP contribution in [0.4, 0.5) is 16.2 Å². The molecule has 1 N–H and O–H groups in total. The van der Waals surface area contributed by atoms with Gasteiger partial charge in [-0.3, -0.25) is 29.8 Å². The van der Waals surface area contributed by atoms with E-state index in [9.17, 15) is 29.3 Å². The third-order valence-corrected chi connectivity index (χ3v) is 5.78. The van der Waals surface area contributed by atoms with Gasteiger partial charge in [0.2, 0.25) is 0 Å². The second-order valence-electron chi connectivity index (χ2n) is 10.5. The van der Waals surface area contributed by atoms with Crippen LogP contribution in [0.5, 0.6) is 0 Å². The van der Waals surface area contributed by atoms with Crippen molar-refractivity contribution in [1.29, 1.82) is 0 Å². The van der Waals surface area contributed by atoms with Gasteiger partial charge in [0.05, 0.1) is 28.4 Å². The zero-order valence-electron chi connectivity index (χ0n) is 23.6. The number of rotatable bonds is 12. The number of benzene rings is 1. The third kappa shape index (κ3) is 9.12. The van der Waals surface area contributed by atoms with Crippen LogP contribution in [0, 0.1) is 10.1 Å². The highest BCUT2D eigenvalue weighted by Gasteiger charge is 2.21. The molecule has 41 heavy (non-hydrogen) atoms. The van der Waals surface area contributed by atoms with Gasteiger partial charge >= 0.3 is 12.1 Å². The SMILES string of the molecule is Cn1cc(NC(=O)OC(C)(C)C)cc1C(=O)Cc1cn(C)c(C(=O)CCCC(=O)OCc2ccc([N+](=O)[O-])cc2)n1. The summed E-state index contributed by atoms with van der Waals surface area (Å²) in [6.45, 7) is 5.22. The fourth-order valence-electron chi connectivity index (χ4n) is 3.91. The Morgan fingerprint density at radius 3 is 2.32 bits per heavy atom. The predicted molar refractivity (Wildman–Crippen MR) is 148 cm³/mol. The van der Waals surface area contributed by atoms with Crippen LogP contribution in [0.3, 0.4) is 0 Å². The summed E-state index contributed by atoms with van der Waals surface area (Å²) in [4.78, 5) is 64.2. The average Bonchev–Trinajstić information content (AvgIpc) is 3.42. The van der Waals surface area contributed by atoms with Crippen molar-refractivity contribution in [1.82, 2.24) is 14.1 Å². The number of anilines is 1. The predicted octanol–water partition coefficient (Wildman–Crippen LogP) is 4.54. The molecule has 0 spiro atoms. The zero-order valence-corrected chi connectivity index (χ0v) is 23.6. The standard InChI is InChI=1S/C28H33N5O8/c1-28(2,3)41-27(37)30-19-13-22(31(4)15-19)24(35)14-20-16-32(5)26(29-20)23(34)7-6-8-25(36)40-17-18-9-11-21(12-10-18)33(38)39/h9-13,15-16H,6-8,14,17H2,1-5H3,(H,30,37). The van der Waals surface area contributed by atoms with Crippen molar-refractivity contribution in [2.24, 2.45) is 14.1 Å². The van der Waals surface area contributed by atoms with Gasteiger partial charge in [0.1, 0.15) is 12.2 Å². The number of Topliss-reactive ketones (excluding diaryl/α,β-unsaturated/α-hetero) is 2. The molecule has 0 saturated heterocycles. The maximum absolute atomic E-state index is 12.9. The molecular formula is C28H33N5O8. The molecule has 0 aliphatic carbocycles. The molecule has 0 saturated carbocycles. The molecule has 1 amide bonds. The molecule has 2 heterocycles. The van der Waals surface area contributed by atoms with Gasteiger partial charge in [0.25, 0.3) is 5.69 Å². The van der Waals surface area contributed by atoms with E-state index in [1.54, 1.807) is 62.5 Å². The number of nitrogens with zero attached hydrogens (tertiary/aromatic N) is 4. The van der Waals surface area contributed by atoms with E-state index in [0.29, 0.717) is 22.6 Å². The summed E-state index contributed by atoms with van der Waals surface area (Å²) in [5.74, 6) is -0.855. The minimum Gasteiger partial charge on any atom is -0.461 e. The maximum Gasteiger partial charge on any atom is 0.412 e. The Morgan fingerprint density at radius 1 is 1.00 bits per heavy atom. The number of nitro benzene ring substituents is 1. The second-order valence-corrected chi connectivity index (χ2v) is 10.5. The molecule has 1 aromatic carbocycles. The van der Waals surface area contributed by atoms with Gasteiger partial charge in [-0.05, 0) is 51.0 Å². The van der Waals surface area contributed by atoms with Crippen LogP contribution in [-0.4, -0.2) is 48.3 Å². The number of nitrogens with one attached hydrogen (secondary N) is 1. The van der Waals surface area contributed by atoms with Crippen LogP contribution in [0.15, 0.2) is 42.7 Å². The number of non-ortho nitro benzene ring substituents is 1. The zero-order chi connectivity index (χ0) is 30.3. The summed E-state index contributed by atoms with van der Waals surface area (Å²) in [5, 5.41) is 13.3. The van der Waals surface area contributed by atoms with E-state index in [1.807, 2.05) is 0 Å². The molecule has 0 bridgehead atoms. The van der Waals surface area contributed by atoms with Gasteiger partial charge in [-0.25, -0.2) is 9.78 Å². The first-order valence-electron chi connectivity index (χ1n) is 12.9. The first kappa shape index (κ1) is 30.7. The summed E-state index contributed by atoms with van der Waals surface area (Å²) < 4.78 is 13.5. The highest BCUT2D eigenvalue weighted by atomic mass is 16.6. The molecule has 0 radical (unpaired) electrons. The lowest BCUT2D eigenvalue weighted by Crippen LogP contribution is -2.27. The fourth-order valence-corrected chi connectivity index (χ4v) is 3.91. The van der Waals surface area contributed by atoms with Gasteiger partial charge < -0.3 is 18.6 Å². The molecule has 0 fully saturated rings. The second kappa shape index (κ2) is 13.0. The monoisotopic (exact) mass is 567 g/mol. The third-order valence-electron chi connectivity index (χ3n) is 5.78. The van der Waals surface area contributed by atoms with Crippen LogP contribution in [0.2, 0.25) is 0 Å². The molecule has 0 unspecified atom stereocenters. The molecular weight excluding hydrogens is 534 g/mol. The van der Waals surface area contributed by atoms with Crippen molar-refractivity contribution >= 4 is 35.0 Å². The maximum atomic E-state index is 12.9. The molecule has 0 atom stereocenters. The highest BCUT2D eigenvalue weighted by Crippen LogP contribution is 2.18. The number of hydrogen-bond acceptors (Lipinski definition) is 9. The topological polar surface area (TPSA) is 165 Å². The van der Waals surface area contributed by atoms with E-state index in [2.05, 4.69) is 10.3 Å². The lowest BCUT2D eigenvalue weighted by molar-refractivity contribution is -0.384. The number of esters is 1. The lowest BCUT2D eigenvalue weighted by Gasteiger charge is -2.19. The minimum atomic E-state index is -0.661. The van der Waals surface area contributed by atoms with Crippen molar-refractivity contribution in [3.63, 3.8) is 0 Å². The van der Waals surface area contributed by atoms with E-state index in [-0.39, 0.29) is 55.4 Å². The van der Waals surface area contributed by atoms with Crippen molar-refractivity contribution in [3.8, 4) is 0 Å². The van der Waals surface area contributed by atoms with E-state index in [0.717, 1.165) is 0 Å². The summed E-state index contributed by atoms with van der Waals surface area (Å²) in [5.41, 5.74) is 1.07. The minimum absolute atomic E-state index is 0.0155. The number of ether oxygens (including phenoxy) is 2. The van der Waals surface area contributed by atoms with Crippen LogP contribution >= 0.6 is 0 Å². The van der Waals surface area contributed by atoms with Gasteiger partial charge in [-0.15, -0.1) is 0 Å². The van der Waals surface area contributed by atoms with E-state index < -0.39 is 22.6 Å². The van der Waals surface area contributed by atoms with Crippen LogP contribution in [0.1, 0.15) is 72.4 Å². The van der Waals surface area contributed by atoms with Crippen molar-refractivity contribution < 1.29 is 33.6 Å². The van der Waals surface area contributed by atoms with Crippen molar-refractivity contribution in [2.45, 2.75) is 58.7 Å². The Kier molecular flexibility index (Phi) is 9.76. The number of carbonyl (C=O) groups excluding carboxylic acids is 4. The van der Waals surface area contributed by atoms with Gasteiger partial charge in [0.15, 0.2) is 17.4 Å². The molecule has 13 heteroatoms. The first-order valence-corrected chi connectivity index (χ1v) is 12.9. The van der Waals surface area contributed by atoms with E-state index in [1.165, 1.54) is 24.3 Å². The normalized spacial score (nSPS) is 11.1. The summed E-state index contributed by atoms with van der Waals surface area (Å²) in [7, 11) is 3.33. The van der Waals surface area contributed by atoms with Gasteiger partial charge in [0, 0.05) is 51.5 Å². The molecule has 0 aliphatic rings. The lowest BCUT2D eigenvalue weighted by atomic mass is 10.1. The van der Waals surface area contributed by atoms with E-state index in [4.69, 9.17) is 9.47 Å². The molecule has 0 aliphatic heterocycles. The van der Waals surface area contributed by atoms with Crippen LogP contribution < -0.4 is 5.32 Å². The molecule has 218 valence electrons. The summed E-state index contributed by atoms with van der Waals surface area (Å²) in [6.07, 6.45) is 2.83. The largest absolute Gasteiger partial charge is 0.461 e. The molecule has 3 rings (SSSR count). The Bertz CT molecular complexity index is 1450. The van der Waals surface area contributed by atoms with Gasteiger partial charge in [-0.2, -0.15) is 0 Å². The Hall–Kier alpha value is -4.81. The number of aromatic nitrogens is 3. The summed E-state index contributed by atoms with van der Waals surface area (Å²) >= 11 is 0. The molecule has 3 aromatic rings. The summed E-state index contributed by atoms with van der Waals surface area (Å²) in [6, 6.07) is 7.23. The van der Waals surface area contributed by atoms with Crippen molar-refractivity contribution in [2.75, 3.05) is 5.32 Å². The van der Waals surface area contributed by atoms with E-state index >= 15 is 0 Å². The average molecular weight is 568 g/mol. The van der Waals surface area contributed by atoms with Crippen LogP contribution in [0.25, 0.3) is 0 Å². The van der Waals surface area contributed by atoms with Crippen molar-refractivity contribution in [3.05, 3.63) is 75.6 Å². The molecule has 2 aromatic heterocycles. The number of imidazole rings is 1. The first-order chi connectivity index (χ1) is 19.2. The molecule has 13 nitrogen and oxygen atoms in total. The highest BCUT2D eigenvalue weighted by molar-refractivity contribution is 5.98. The number of carbonyl (C=O) groups is 4. The number of aryl methyl sites for hydroxylation is 2. The Morgan fingerprint density at radius 2 is 1.68 bits per heavy atom. The fraction of sp³-hybridized carbons (Fsp3) is 0.393. The van der Waals surface area contributed by atoms with Gasteiger partial charge in [-0.1, -0.05) is 0 Å². The number of hydrogen-bond donors (Lipinski definition) is 1. The number of ketones is 2. The number of amides is 1. The van der Waals surface area contributed by atoms with Crippen LogP contribution in [-0.2, 0) is 41.4 Å². The Balaban J connectivity index is 1.48.